The zero-order valence-corrected chi connectivity index (χ0v) is 19.1. The minimum absolute atomic E-state index is 0.0416. The van der Waals surface area contributed by atoms with Crippen LogP contribution in [-0.4, -0.2) is 82.6 Å². The van der Waals surface area contributed by atoms with Gasteiger partial charge in [-0.2, -0.15) is 0 Å². The van der Waals surface area contributed by atoms with Crippen LogP contribution in [0.1, 0.15) is 11.1 Å². The molecule has 2 aromatic rings. The van der Waals surface area contributed by atoms with Gasteiger partial charge in [0.05, 0.1) is 12.2 Å². The number of hydrogen-bond acceptors (Lipinski definition) is 6. The average molecular weight is 451 g/mol. The number of nitrogens with one attached hydrogen (secondary N) is 1. The maximum Gasteiger partial charge on any atom is 0.395 e. The number of rotatable bonds is 6. The van der Waals surface area contributed by atoms with Crippen LogP contribution >= 0.6 is 0 Å². The Labute approximate surface area is 192 Å². The summed E-state index contributed by atoms with van der Waals surface area (Å²) in [6.07, 6.45) is -0.908. The number of amides is 3. The number of aliphatic hydroxyl groups excluding tert-OH is 1. The van der Waals surface area contributed by atoms with Gasteiger partial charge in [-0.3, -0.25) is 14.6 Å². The molecule has 0 radical (unpaired) electrons. The summed E-state index contributed by atoms with van der Waals surface area (Å²) in [6, 6.07) is 14.0. The first kappa shape index (κ1) is 22.5. The lowest BCUT2D eigenvalue weighted by molar-refractivity contribution is -0.544. The summed E-state index contributed by atoms with van der Waals surface area (Å²) in [4.78, 5) is 32.5. The van der Waals surface area contributed by atoms with E-state index in [1.165, 1.54) is 11.9 Å². The SMILES string of the molecule is Cc1cccc(NC2=[N+](CC(O)COc3ccccc3C)C3C(=O)N(C)C(=O)N(C)C3=N2)c1. The van der Waals surface area contributed by atoms with Crippen LogP contribution in [0.5, 0.6) is 5.75 Å². The van der Waals surface area contributed by atoms with E-state index < -0.39 is 24.1 Å². The van der Waals surface area contributed by atoms with Crippen LogP contribution < -0.4 is 10.1 Å². The number of nitrogens with zero attached hydrogens (tertiary/aromatic N) is 4. The number of ether oxygens (including phenoxy) is 1. The molecule has 2 aliphatic rings. The number of carbonyl (C=O) groups is 2. The predicted octanol–water partition coefficient (Wildman–Crippen LogP) is 1.83. The van der Waals surface area contributed by atoms with Gasteiger partial charge in [0, 0.05) is 14.1 Å². The first-order chi connectivity index (χ1) is 15.8. The molecule has 9 nitrogen and oxygen atoms in total. The highest BCUT2D eigenvalue weighted by Gasteiger charge is 2.51. The second-order valence-electron chi connectivity index (χ2n) is 8.31. The number of amidine groups is 1. The molecule has 2 N–H and O–H groups in total. The van der Waals surface area contributed by atoms with E-state index in [9.17, 15) is 14.7 Å². The number of β-amino-alcohol motifs (C(OH)–C–C–N with tert-alkyl or cyclic N) is 1. The lowest BCUT2D eigenvalue weighted by Crippen LogP contribution is -2.62. The maximum absolute atomic E-state index is 13.0. The van der Waals surface area contributed by atoms with E-state index in [1.807, 2.05) is 62.4 Å². The van der Waals surface area contributed by atoms with Gasteiger partial charge in [-0.05, 0) is 43.2 Å². The molecule has 2 aliphatic heterocycles. The van der Waals surface area contributed by atoms with Crippen molar-refractivity contribution in [2.45, 2.75) is 26.0 Å². The minimum atomic E-state index is -0.908. The minimum Gasteiger partial charge on any atom is -0.490 e. The maximum atomic E-state index is 13.0. The smallest absolute Gasteiger partial charge is 0.395 e. The number of guanidine groups is 1. The van der Waals surface area contributed by atoms with Gasteiger partial charge < -0.3 is 9.84 Å². The second-order valence-corrected chi connectivity index (χ2v) is 8.31. The van der Waals surface area contributed by atoms with E-state index in [1.54, 1.807) is 11.6 Å². The van der Waals surface area contributed by atoms with E-state index in [0.29, 0.717) is 17.5 Å². The number of aliphatic imine (C=N–C) groups is 1. The largest absolute Gasteiger partial charge is 0.490 e. The first-order valence-corrected chi connectivity index (χ1v) is 10.7. The quantitative estimate of drug-likeness (QED) is 0.655. The summed E-state index contributed by atoms with van der Waals surface area (Å²) < 4.78 is 7.48. The van der Waals surface area contributed by atoms with Crippen molar-refractivity contribution in [2.24, 2.45) is 4.99 Å². The Bertz CT molecular complexity index is 1160. The van der Waals surface area contributed by atoms with Gasteiger partial charge in [0.2, 0.25) is 11.9 Å². The molecule has 4 rings (SSSR count). The Morgan fingerprint density at radius 1 is 1.12 bits per heavy atom. The number of fused-ring (bicyclic) bond motifs is 1. The van der Waals surface area contributed by atoms with Crippen molar-refractivity contribution < 1.29 is 24.0 Å². The topological polar surface area (TPSA) is 97.5 Å². The first-order valence-electron chi connectivity index (χ1n) is 10.7. The van der Waals surface area contributed by atoms with Gasteiger partial charge in [-0.15, -0.1) is 0 Å². The average Bonchev–Trinajstić information content (AvgIpc) is 3.13. The van der Waals surface area contributed by atoms with Crippen molar-refractivity contribution in [3.8, 4) is 5.75 Å². The molecule has 172 valence electrons. The summed E-state index contributed by atoms with van der Waals surface area (Å²) in [6.45, 7) is 4.04. The second kappa shape index (κ2) is 9.03. The third kappa shape index (κ3) is 4.45. The highest BCUT2D eigenvalue weighted by atomic mass is 16.5. The Morgan fingerprint density at radius 3 is 2.61 bits per heavy atom. The monoisotopic (exact) mass is 450 g/mol. The standard InChI is InChI=1S/C24H27N5O4/c1-15-8-7-10-17(12-15)25-23-26-21-20(22(31)28(4)24(32)27(21)3)29(23)13-18(30)14-33-19-11-6-5-9-16(19)2/h5-12,18,20,30H,13-14H2,1-4H3/p+1. The van der Waals surface area contributed by atoms with E-state index in [-0.39, 0.29) is 13.2 Å². The van der Waals surface area contributed by atoms with Crippen molar-refractivity contribution in [2.75, 3.05) is 32.6 Å². The van der Waals surface area contributed by atoms with Crippen LogP contribution in [0.2, 0.25) is 0 Å². The highest BCUT2D eigenvalue weighted by Crippen LogP contribution is 2.21. The molecule has 2 unspecified atom stereocenters. The Balaban J connectivity index is 1.61. The zero-order valence-electron chi connectivity index (χ0n) is 19.1. The summed E-state index contributed by atoms with van der Waals surface area (Å²) in [5.74, 6) is 1.00. The molecule has 0 spiro atoms. The third-order valence-electron chi connectivity index (χ3n) is 5.74. The molecule has 3 amide bonds. The lowest BCUT2D eigenvalue weighted by atomic mass is 10.1. The lowest BCUT2D eigenvalue weighted by Gasteiger charge is -2.32. The molecule has 2 aromatic carbocycles. The molecule has 2 atom stereocenters. The molecule has 0 aliphatic carbocycles. The number of aryl methyl sites for hydroxylation is 2. The molecular weight excluding hydrogens is 422 g/mol. The number of anilines is 1. The third-order valence-corrected chi connectivity index (χ3v) is 5.74. The molecule has 0 bridgehead atoms. The normalized spacial score (nSPS) is 18.9. The van der Waals surface area contributed by atoms with Crippen LogP contribution in [-0.2, 0) is 4.79 Å². The fourth-order valence-corrected chi connectivity index (χ4v) is 3.93. The van der Waals surface area contributed by atoms with Gasteiger partial charge in [-0.25, -0.2) is 14.7 Å². The van der Waals surface area contributed by atoms with Gasteiger partial charge in [0.1, 0.15) is 18.5 Å². The van der Waals surface area contributed by atoms with Gasteiger partial charge in [-0.1, -0.05) is 35.3 Å². The zero-order chi connectivity index (χ0) is 23.7. The number of imide groups is 1. The summed E-state index contributed by atoms with van der Waals surface area (Å²) in [5.41, 5.74) is 2.82. The van der Waals surface area contributed by atoms with Crippen molar-refractivity contribution in [3.05, 3.63) is 59.7 Å². The van der Waals surface area contributed by atoms with Crippen LogP contribution in [0.4, 0.5) is 10.5 Å². The van der Waals surface area contributed by atoms with Gasteiger partial charge in [0.25, 0.3) is 5.91 Å². The highest BCUT2D eigenvalue weighted by molar-refractivity contribution is 6.23. The molecule has 0 aromatic heterocycles. The molecule has 0 saturated carbocycles. The van der Waals surface area contributed by atoms with Crippen LogP contribution in [0.15, 0.2) is 53.5 Å². The van der Waals surface area contributed by atoms with E-state index in [0.717, 1.165) is 21.7 Å². The number of urea groups is 1. The van der Waals surface area contributed by atoms with Gasteiger partial charge >= 0.3 is 12.0 Å². The van der Waals surface area contributed by atoms with Gasteiger partial charge in [0.15, 0.2) is 0 Å². The Kier molecular flexibility index (Phi) is 6.15. The summed E-state index contributed by atoms with van der Waals surface area (Å²) >= 11 is 0. The Hall–Kier alpha value is -3.72. The summed E-state index contributed by atoms with van der Waals surface area (Å²) in [5, 5.41) is 14.0. The molecule has 1 saturated heterocycles. The van der Waals surface area contributed by atoms with Crippen molar-refractivity contribution >= 4 is 29.4 Å². The van der Waals surface area contributed by atoms with Crippen molar-refractivity contribution in [3.63, 3.8) is 0 Å². The molecule has 1 fully saturated rings. The Morgan fingerprint density at radius 2 is 1.88 bits per heavy atom. The predicted molar refractivity (Wildman–Crippen MR) is 125 cm³/mol. The number of benzene rings is 2. The number of aliphatic hydroxyl groups is 1. The number of para-hydroxylation sites is 1. The number of likely N-dealkylation sites (N-methyl/N-ethyl adjacent to an activating group) is 2. The van der Waals surface area contributed by atoms with Crippen molar-refractivity contribution in [1.82, 2.24) is 9.80 Å². The van der Waals surface area contributed by atoms with E-state index in [2.05, 4.69) is 10.3 Å². The van der Waals surface area contributed by atoms with E-state index in [4.69, 9.17) is 4.74 Å². The number of carbonyl (C=O) groups excluding carboxylic acids is 2. The summed E-state index contributed by atoms with van der Waals surface area (Å²) in [7, 11) is 3.03. The van der Waals surface area contributed by atoms with Crippen LogP contribution in [0.3, 0.4) is 0 Å². The molecular formula is C24H28N5O4+. The fraction of sp³-hybridized carbons (Fsp3) is 0.333. The van der Waals surface area contributed by atoms with Crippen LogP contribution in [0.25, 0.3) is 0 Å². The molecule has 9 heteroatoms. The molecule has 33 heavy (non-hydrogen) atoms. The van der Waals surface area contributed by atoms with E-state index >= 15 is 0 Å². The number of hydrogen-bond donors (Lipinski definition) is 2. The van der Waals surface area contributed by atoms with Crippen molar-refractivity contribution in [1.29, 1.82) is 0 Å². The fourth-order valence-electron chi connectivity index (χ4n) is 3.93. The molecule has 2 heterocycles. The van der Waals surface area contributed by atoms with Crippen LogP contribution in [0, 0.1) is 13.8 Å².